The van der Waals surface area contributed by atoms with Gasteiger partial charge in [0.2, 0.25) is 0 Å². The van der Waals surface area contributed by atoms with Crippen LogP contribution < -0.4 is 5.73 Å². The van der Waals surface area contributed by atoms with Crippen LogP contribution in [0.15, 0.2) is 18.2 Å². The minimum Gasteiger partial charge on any atom is -0.327 e. The normalized spacial score (nSPS) is 19.1. The van der Waals surface area contributed by atoms with Crippen molar-refractivity contribution in [3.05, 3.63) is 35.1 Å². The molecule has 0 amide bonds. The van der Waals surface area contributed by atoms with Crippen LogP contribution in [0.5, 0.6) is 0 Å². The molecule has 0 heterocycles. The largest absolute Gasteiger partial charge is 0.327 e. The van der Waals surface area contributed by atoms with E-state index in [1.165, 1.54) is 44.1 Å². The fraction of sp³-hybridized carbons (Fsp3) is 0.647. The molecule has 1 unspecified atom stereocenters. The molecular weight excluding hydrogens is 237 g/mol. The third-order valence-electron chi connectivity index (χ3n) is 4.40. The lowest BCUT2D eigenvalue weighted by molar-refractivity contribution is 0.387. The van der Waals surface area contributed by atoms with Crippen LogP contribution in [0, 0.1) is 18.7 Å². The van der Waals surface area contributed by atoms with Crippen LogP contribution in [0.25, 0.3) is 0 Å². The van der Waals surface area contributed by atoms with Gasteiger partial charge in [0.15, 0.2) is 0 Å². The topological polar surface area (TPSA) is 26.0 Å². The molecule has 2 heteroatoms. The van der Waals surface area contributed by atoms with E-state index < -0.39 is 0 Å². The van der Waals surface area contributed by atoms with E-state index in [0.29, 0.717) is 0 Å². The van der Waals surface area contributed by atoms with Crippen LogP contribution in [0.1, 0.15) is 56.1 Å². The highest BCUT2D eigenvalue weighted by molar-refractivity contribution is 5.27. The van der Waals surface area contributed by atoms with Gasteiger partial charge in [-0.05, 0) is 48.9 Å². The maximum absolute atomic E-state index is 13.1. The third kappa shape index (κ3) is 4.61. The van der Waals surface area contributed by atoms with Crippen molar-refractivity contribution in [2.24, 2.45) is 11.7 Å². The Morgan fingerprint density at radius 2 is 1.89 bits per heavy atom. The lowest BCUT2D eigenvalue weighted by atomic mass is 9.89. The van der Waals surface area contributed by atoms with Gasteiger partial charge in [0.05, 0.1) is 0 Å². The molecule has 2 N–H and O–H groups in total. The summed E-state index contributed by atoms with van der Waals surface area (Å²) in [5.74, 6) is 0.650. The highest BCUT2D eigenvalue weighted by atomic mass is 19.1. The van der Waals surface area contributed by atoms with Crippen molar-refractivity contribution in [3.63, 3.8) is 0 Å². The molecule has 0 aromatic heterocycles. The molecule has 1 fully saturated rings. The average molecular weight is 263 g/mol. The molecule has 2 rings (SSSR count). The van der Waals surface area contributed by atoms with Crippen LogP contribution in [0.3, 0.4) is 0 Å². The summed E-state index contributed by atoms with van der Waals surface area (Å²) in [6.07, 6.45) is 10.2. The molecule has 1 aliphatic carbocycles. The first kappa shape index (κ1) is 14.5. The molecule has 1 saturated carbocycles. The van der Waals surface area contributed by atoms with Crippen LogP contribution in [0.2, 0.25) is 0 Å². The summed E-state index contributed by atoms with van der Waals surface area (Å²) in [5, 5.41) is 0. The summed E-state index contributed by atoms with van der Waals surface area (Å²) in [6, 6.07) is 5.25. The molecule has 0 aliphatic heterocycles. The molecule has 19 heavy (non-hydrogen) atoms. The summed E-state index contributed by atoms with van der Waals surface area (Å²) in [5.41, 5.74) is 8.52. The van der Waals surface area contributed by atoms with Gasteiger partial charge in [0, 0.05) is 6.04 Å². The van der Waals surface area contributed by atoms with E-state index in [1.54, 1.807) is 12.1 Å². The fourth-order valence-electron chi connectivity index (χ4n) is 3.28. The van der Waals surface area contributed by atoms with E-state index in [0.717, 1.165) is 24.3 Å². The quantitative estimate of drug-likeness (QED) is 0.802. The molecule has 106 valence electrons. The number of nitrogens with two attached hydrogens (primary N) is 1. The van der Waals surface area contributed by atoms with E-state index >= 15 is 0 Å². The molecular formula is C17H26FN. The highest BCUT2D eigenvalue weighted by Gasteiger charge is 2.16. The zero-order valence-electron chi connectivity index (χ0n) is 12.0. The van der Waals surface area contributed by atoms with Gasteiger partial charge in [-0.2, -0.15) is 0 Å². The lowest BCUT2D eigenvalue weighted by Crippen LogP contribution is -2.26. The van der Waals surface area contributed by atoms with Crippen LogP contribution in [-0.4, -0.2) is 6.04 Å². The monoisotopic (exact) mass is 263 g/mol. The Bertz CT molecular complexity index is 394. The summed E-state index contributed by atoms with van der Waals surface area (Å²) in [7, 11) is 0. The molecule has 0 bridgehead atoms. The number of benzene rings is 1. The standard InChI is InChI=1S/C17H26FN/c1-13-10-16(18)9-8-15(13)12-17(19)11-14-6-4-2-3-5-7-14/h8-10,14,17H,2-7,11-12,19H2,1H3. The number of rotatable bonds is 4. The van der Waals surface area contributed by atoms with Crippen molar-refractivity contribution < 1.29 is 4.39 Å². The summed E-state index contributed by atoms with van der Waals surface area (Å²) in [6.45, 7) is 1.97. The molecule has 1 aliphatic rings. The number of hydrogen-bond donors (Lipinski definition) is 1. The number of hydrogen-bond acceptors (Lipinski definition) is 1. The van der Waals surface area contributed by atoms with Gasteiger partial charge in [0.25, 0.3) is 0 Å². The summed E-state index contributed by atoms with van der Waals surface area (Å²) >= 11 is 0. The molecule has 1 atom stereocenters. The van der Waals surface area contributed by atoms with E-state index in [-0.39, 0.29) is 11.9 Å². The lowest BCUT2D eigenvalue weighted by Gasteiger charge is -2.20. The average Bonchev–Trinajstić information content (AvgIpc) is 2.61. The van der Waals surface area contributed by atoms with Crippen molar-refractivity contribution in [3.8, 4) is 0 Å². The van der Waals surface area contributed by atoms with Crippen molar-refractivity contribution >= 4 is 0 Å². The minimum atomic E-state index is -0.154. The van der Waals surface area contributed by atoms with E-state index in [9.17, 15) is 4.39 Å². The third-order valence-corrected chi connectivity index (χ3v) is 4.40. The highest BCUT2D eigenvalue weighted by Crippen LogP contribution is 2.27. The van der Waals surface area contributed by atoms with Crippen molar-refractivity contribution in [1.82, 2.24) is 0 Å². The smallest absolute Gasteiger partial charge is 0.123 e. The van der Waals surface area contributed by atoms with Crippen molar-refractivity contribution in [2.45, 2.75) is 64.3 Å². The van der Waals surface area contributed by atoms with Crippen LogP contribution in [-0.2, 0) is 6.42 Å². The first-order valence-electron chi connectivity index (χ1n) is 7.66. The van der Waals surface area contributed by atoms with Gasteiger partial charge in [-0.25, -0.2) is 4.39 Å². The molecule has 0 radical (unpaired) electrons. The van der Waals surface area contributed by atoms with Crippen LogP contribution in [0.4, 0.5) is 4.39 Å². The van der Waals surface area contributed by atoms with Gasteiger partial charge in [-0.15, -0.1) is 0 Å². The van der Waals surface area contributed by atoms with E-state index in [2.05, 4.69) is 0 Å². The Hall–Kier alpha value is -0.890. The molecule has 1 aromatic rings. The molecule has 1 aromatic carbocycles. The SMILES string of the molecule is Cc1cc(F)ccc1CC(N)CC1CCCCCC1. The molecule has 0 spiro atoms. The van der Waals surface area contributed by atoms with Crippen molar-refractivity contribution in [1.29, 1.82) is 0 Å². The second-order valence-electron chi connectivity index (χ2n) is 6.13. The van der Waals surface area contributed by atoms with Gasteiger partial charge in [-0.3, -0.25) is 0 Å². The second kappa shape index (κ2) is 7.04. The van der Waals surface area contributed by atoms with E-state index in [1.807, 2.05) is 13.0 Å². The van der Waals surface area contributed by atoms with Gasteiger partial charge in [0.1, 0.15) is 5.82 Å². The Balaban J connectivity index is 1.87. The Morgan fingerprint density at radius 1 is 1.21 bits per heavy atom. The van der Waals surface area contributed by atoms with E-state index in [4.69, 9.17) is 5.73 Å². The van der Waals surface area contributed by atoms with Crippen LogP contribution >= 0.6 is 0 Å². The maximum Gasteiger partial charge on any atom is 0.123 e. The molecule has 1 nitrogen and oxygen atoms in total. The minimum absolute atomic E-state index is 0.154. The number of aryl methyl sites for hydroxylation is 1. The first-order valence-corrected chi connectivity index (χ1v) is 7.66. The Labute approximate surface area is 116 Å². The second-order valence-corrected chi connectivity index (χ2v) is 6.13. The van der Waals surface area contributed by atoms with Gasteiger partial charge in [-0.1, -0.05) is 44.6 Å². The number of halogens is 1. The zero-order chi connectivity index (χ0) is 13.7. The first-order chi connectivity index (χ1) is 9.15. The van der Waals surface area contributed by atoms with Crippen molar-refractivity contribution in [2.75, 3.05) is 0 Å². The Morgan fingerprint density at radius 3 is 2.53 bits per heavy atom. The fourth-order valence-corrected chi connectivity index (χ4v) is 3.28. The van der Waals surface area contributed by atoms with Gasteiger partial charge < -0.3 is 5.73 Å². The van der Waals surface area contributed by atoms with Gasteiger partial charge >= 0.3 is 0 Å². The summed E-state index contributed by atoms with van der Waals surface area (Å²) in [4.78, 5) is 0. The Kier molecular flexibility index (Phi) is 5.38. The zero-order valence-corrected chi connectivity index (χ0v) is 12.0. The molecule has 0 saturated heterocycles. The predicted molar refractivity (Wildman–Crippen MR) is 78.6 cm³/mol. The predicted octanol–water partition coefficient (Wildman–Crippen LogP) is 4.36. The summed E-state index contributed by atoms with van der Waals surface area (Å²) < 4.78 is 13.1. The maximum atomic E-state index is 13.1.